The van der Waals surface area contributed by atoms with Crippen molar-refractivity contribution in [1.82, 2.24) is 0 Å². The summed E-state index contributed by atoms with van der Waals surface area (Å²) in [4.78, 5) is 23.1. The van der Waals surface area contributed by atoms with Gasteiger partial charge in [0.1, 0.15) is 0 Å². The first-order valence-corrected chi connectivity index (χ1v) is 6.41. The molecule has 0 amide bonds. The van der Waals surface area contributed by atoms with Gasteiger partial charge < -0.3 is 14.9 Å². The third-order valence-electron chi connectivity index (χ3n) is 3.37. The molecule has 0 saturated heterocycles. The predicted octanol–water partition coefficient (Wildman–Crippen LogP) is 1.63. The second-order valence-corrected chi connectivity index (χ2v) is 4.58. The lowest BCUT2D eigenvalue weighted by atomic mass is 9.79. The summed E-state index contributed by atoms with van der Waals surface area (Å²) < 4.78 is 4.79. The Morgan fingerprint density at radius 2 is 2.05 bits per heavy atom. The van der Waals surface area contributed by atoms with Crippen LogP contribution in [0.2, 0.25) is 0 Å². The molecule has 3 atom stereocenters. The Balaban J connectivity index is 2.33. The second-order valence-electron chi connectivity index (χ2n) is 4.58. The second kappa shape index (κ2) is 5.88. The van der Waals surface area contributed by atoms with Gasteiger partial charge in [-0.1, -0.05) is 36.4 Å². The highest BCUT2D eigenvalue weighted by Gasteiger charge is 2.40. The van der Waals surface area contributed by atoms with E-state index in [2.05, 4.69) is 0 Å². The molecular weight excluding hydrogens is 260 g/mol. The third kappa shape index (κ3) is 2.58. The molecule has 0 aliphatic heterocycles. The van der Waals surface area contributed by atoms with E-state index in [0.29, 0.717) is 5.56 Å². The van der Waals surface area contributed by atoms with Crippen LogP contribution in [0.3, 0.4) is 0 Å². The first kappa shape index (κ1) is 14.3. The lowest BCUT2D eigenvalue weighted by Gasteiger charge is -2.28. The minimum atomic E-state index is -1.41. The van der Waals surface area contributed by atoms with Gasteiger partial charge in [-0.2, -0.15) is 0 Å². The van der Waals surface area contributed by atoms with Crippen LogP contribution in [0.5, 0.6) is 0 Å². The zero-order valence-electron chi connectivity index (χ0n) is 11.0. The average molecular weight is 276 g/mol. The van der Waals surface area contributed by atoms with Crippen molar-refractivity contribution in [3.05, 3.63) is 41.5 Å². The number of carboxylic acids is 1. The third-order valence-corrected chi connectivity index (χ3v) is 3.37. The van der Waals surface area contributed by atoms with Crippen LogP contribution in [0.1, 0.15) is 24.2 Å². The molecule has 20 heavy (non-hydrogen) atoms. The molecule has 2 unspecified atom stereocenters. The van der Waals surface area contributed by atoms with E-state index in [1.165, 1.54) is 0 Å². The van der Waals surface area contributed by atoms with Gasteiger partial charge in [0.2, 0.25) is 0 Å². The Labute approximate surface area is 116 Å². The molecule has 2 rings (SSSR count). The molecule has 0 bridgehead atoms. The summed E-state index contributed by atoms with van der Waals surface area (Å²) in [5, 5.41) is 19.6. The maximum atomic E-state index is 11.8. The number of esters is 1. The number of aliphatic carboxylic acids is 1. The molecule has 106 valence electrons. The van der Waals surface area contributed by atoms with Crippen molar-refractivity contribution >= 4 is 18.0 Å². The lowest BCUT2D eigenvalue weighted by molar-refractivity contribution is -0.162. The van der Waals surface area contributed by atoms with Gasteiger partial charge >= 0.3 is 11.9 Å². The molecule has 1 aliphatic rings. The minimum absolute atomic E-state index is 0.103. The molecule has 2 N–H and O–H groups in total. The summed E-state index contributed by atoms with van der Waals surface area (Å²) in [6.45, 7) is 1.71. The van der Waals surface area contributed by atoms with Gasteiger partial charge in [0.25, 0.3) is 0 Å². The Morgan fingerprint density at radius 3 is 2.70 bits per heavy atom. The lowest BCUT2D eigenvalue weighted by Crippen LogP contribution is -2.36. The van der Waals surface area contributed by atoms with Gasteiger partial charge in [-0.05, 0) is 18.1 Å². The van der Waals surface area contributed by atoms with Crippen LogP contribution in [0, 0.1) is 11.8 Å². The van der Waals surface area contributed by atoms with Crippen LogP contribution in [0.4, 0.5) is 0 Å². The number of carbonyl (C=O) groups excluding carboxylic acids is 1. The Bertz CT molecular complexity index is 549. The fraction of sp³-hybridized carbons (Fsp3) is 0.333. The highest BCUT2D eigenvalue weighted by molar-refractivity contribution is 5.95. The molecule has 5 nitrogen and oxygen atoms in total. The summed E-state index contributed by atoms with van der Waals surface area (Å²) in [6, 6.07) is 7.14. The molecule has 0 saturated carbocycles. The van der Waals surface area contributed by atoms with Crippen molar-refractivity contribution in [2.24, 2.45) is 11.8 Å². The highest BCUT2D eigenvalue weighted by Crippen LogP contribution is 2.36. The van der Waals surface area contributed by atoms with E-state index in [4.69, 9.17) is 4.74 Å². The number of benzene rings is 1. The van der Waals surface area contributed by atoms with Crippen molar-refractivity contribution < 1.29 is 24.5 Å². The van der Waals surface area contributed by atoms with E-state index in [-0.39, 0.29) is 6.61 Å². The number of carboxylic acid groups (broad SMARTS) is 1. The molecule has 1 aliphatic carbocycles. The van der Waals surface area contributed by atoms with Crippen LogP contribution in [0.25, 0.3) is 6.08 Å². The number of hydrogen-bond acceptors (Lipinski definition) is 4. The molecular formula is C15H16O5. The van der Waals surface area contributed by atoms with Crippen LogP contribution >= 0.6 is 0 Å². The molecule has 0 radical (unpaired) electrons. The fourth-order valence-electron chi connectivity index (χ4n) is 2.41. The van der Waals surface area contributed by atoms with E-state index in [0.717, 1.165) is 5.56 Å². The summed E-state index contributed by atoms with van der Waals surface area (Å²) in [5.41, 5.74) is 1.44. The minimum Gasteiger partial charge on any atom is -0.481 e. The summed E-state index contributed by atoms with van der Waals surface area (Å²) in [7, 11) is 0. The number of fused-ring (bicyclic) bond motifs is 1. The molecule has 0 spiro atoms. The topological polar surface area (TPSA) is 83.8 Å². The van der Waals surface area contributed by atoms with Crippen molar-refractivity contribution in [1.29, 1.82) is 0 Å². The van der Waals surface area contributed by atoms with Crippen LogP contribution in [-0.4, -0.2) is 28.8 Å². The number of rotatable bonds is 4. The van der Waals surface area contributed by atoms with Crippen LogP contribution in [-0.2, 0) is 14.3 Å². The summed E-state index contributed by atoms with van der Waals surface area (Å²) in [5.74, 6) is -4.36. The van der Waals surface area contributed by atoms with Crippen molar-refractivity contribution in [2.45, 2.75) is 13.0 Å². The average Bonchev–Trinajstić information content (AvgIpc) is 2.42. The maximum Gasteiger partial charge on any atom is 0.321 e. The van der Waals surface area contributed by atoms with Gasteiger partial charge in [0, 0.05) is 5.92 Å². The van der Waals surface area contributed by atoms with Crippen molar-refractivity contribution in [3.63, 3.8) is 0 Å². The molecule has 0 aromatic heterocycles. The largest absolute Gasteiger partial charge is 0.481 e. The summed E-state index contributed by atoms with van der Waals surface area (Å²) >= 11 is 0. The normalized spacial score (nSPS) is 21.9. The Kier molecular flexibility index (Phi) is 4.20. The van der Waals surface area contributed by atoms with Crippen molar-refractivity contribution in [2.75, 3.05) is 6.61 Å². The predicted molar refractivity (Wildman–Crippen MR) is 71.7 cm³/mol. The smallest absolute Gasteiger partial charge is 0.321 e. The van der Waals surface area contributed by atoms with E-state index in [1.54, 1.807) is 31.2 Å². The zero-order chi connectivity index (χ0) is 14.7. The maximum absolute atomic E-state index is 11.8. The zero-order valence-corrected chi connectivity index (χ0v) is 11.0. The number of aliphatic hydroxyl groups is 1. The monoisotopic (exact) mass is 276 g/mol. The quantitative estimate of drug-likeness (QED) is 0.645. The van der Waals surface area contributed by atoms with E-state index in [1.807, 2.05) is 12.1 Å². The van der Waals surface area contributed by atoms with Crippen molar-refractivity contribution in [3.8, 4) is 0 Å². The number of carbonyl (C=O) groups is 2. The number of aliphatic hydroxyl groups excluding tert-OH is 1. The van der Waals surface area contributed by atoms with Gasteiger partial charge in [-0.25, -0.2) is 0 Å². The van der Waals surface area contributed by atoms with Gasteiger partial charge in [-0.3, -0.25) is 9.59 Å². The Hall–Kier alpha value is -2.14. The van der Waals surface area contributed by atoms with E-state index < -0.39 is 29.9 Å². The first-order chi connectivity index (χ1) is 9.56. The van der Waals surface area contributed by atoms with Gasteiger partial charge in [0.15, 0.2) is 5.92 Å². The van der Waals surface area contributed by atoms with E-state index in [9.17, 15) is 19.8 Å². The van der Waals surface area contributed by atoms with Gasteiger partial charge in [-0.15, -0.1) is 0 Å². The molecule has 0 heterocycles. The molecule has 0 fully saturated rings. The van der Waals surface area contributed by atoms with E-state index >= 15 is 0 Å². The SMILES string of the molecule is CCOC(=O)[C@@H](C(=O)O)C1C=Cc2ccccc2C1O. The van der Waals surface area contributed by atoms with Gasteiger partial charge in [0.05, 0.1) is 12.7 Å². The summed E-state index contributed by atoms with van der Waals surface area (Å²) in [6.07, 6.45) is 2.24. The number of hydrogen-bond donors (Lipinski definition) is 2. The first-order valence-electron chi connectivity index (χ1n) is 6.41. The fourth-order valence-corrected chi connectivity index (χ4v) is 2.41. The Morgan fingerprint density at radius 1 is 1.35 bits per heavy atom. The van der Waals surface area contributed by atoms with Crippen LogP contribution in [0.15, 0.2) is 30.3 Å². The highest BCUT2D eigenvalue weighted by atomic mass is 16.5. The molecule has 1 aromatic rings. The molecule has 1 aromatic carbocycles. The van der Waals surface area contributed by atoms with Crippen LogP contribution < -0.4 is 0 Å². The standard InChI is InChI=1S/C15H16O5/c1-2-20-15(19)12(14(17)18)11-8-7-9-5-3-4-6-10(9)13(11)16/h3-8,11-13,16H,2H2,1H3,(H,17,18)/t11?,12-,13?/m1/s1. The molecule has 5 heteroatoms. The number of ether oxygens (including phenoxy) is 1.